The van der Waals surface area contributed by atoms with Crippen LogP contribution in [0.15, 0.2) is 18.3 Å². The van der Waals surface area contributed by atoms with E-state index in [1.165, 1.54) is 13.3 Å². The number of hydrogen-bond acceptors (Lipinski definition) is 3. The number of carbonyl (C=O) groups is 1. The summed E-state index contributed by atoms with van der Waals surface area (Å²) in [5.74, 6) is 1.78. The predicted octanol–water partition coefficient (Wildman–Crippen LogP) is 1.78. The molecule has 0 saturated heterocycles. The molecule has 18 heavy (non-hydrogen) atoms. The number of pyridine rings is 1. The molecule has 1 heterocycles. The lowest BCUT2D eigenvalue weighted by molar-refractivity contribution is -0.122. The van der Waals surface area contributed by atoms with Gasteiger partial charge in [0.05, 0.1) is 19.0 Å². The number of methoxy groups -OCH3 is 1. The van der Waals surface area contributed by atoms with Gasteiger partial charge in [0.15, 0.2) is 5.67 Å². The van der Waals surface area contributed by atoms with E-state index in [1.807, 2.05) is 0 Å². The minimum atomic E-state index is -1.83. The number of ether oxygens (including phenoxy) is 1. The minimum absolute atomic E-state index is 0.187. The van der Waals surface area contributed by atoms with E-state index in [9.17, 15) is 9.18 Å². The molecule has 4 nitrogen and oxygen atoms in total. The standard InChI is InChI=1S/C13H13FN2O2/c1-3-4-9-7-13(9,14)12(17)16-10-5-6-11(18-2)15-8-10/h1,5-6,8-9H,4,7H2,2H3,(H,16,17). The van der Waals surface area contributed by atoms with Crippen LogP contribution in [0.5, 0.6) is 5.88 Å². The van der Waals surface area contributed by atoms with E-state index in [0.29, 0.717) is 11.6 Å². The predicted molar refractivity (Wildman–Crippen MR) is 64.8 cm³/mol. The largest absolute Gasteiger partial charge is 0.481 e. The number of terminal acetylenes is 1. The van der Waals surface area contributed by atoms with Crippen molar-refractivity contribution in [3.63, 3.8) is 0 Å². The van der Waals surface area contributed by atoms with Crippen LogP contribution in [0.25, 0.3) is 0 Å². The van der Waals surface area contributed by atoms with Gasteiger partial charge in [-0.25, -0.2) is 9.37 Å². The molecule has 1 saturated carbocycles. The molecule has 1 aromatic heterocycles. The Morgan fingerprint density at radius 3 is 3.11 bits per heavy atom. The summed E-state index contributed by atoms with van der Waals surface area (Å²) < 4.78 is 18.9. The number of anilines is 1. The van der Waals surface area contributed by atoms with E-state index < -0.39 is 11.6 Å². The number of amides is 1. The number of nitrogens with one attached hydrogen (secondary N) is 1. The van der Waals surface area contributed by atoms with E-state index in [-0.39, 0.29) is 18.8 Å². The lowest BCUT2D eigenvalue weighted by Crippen LogP contribution is -2.27. The molecular weight excluding hydrogens is 235 g/mol. The maximum Gasteiger partial charge on any atom is 0.262 e. The normalized spacial score (nSPS) is 25.1. The zero-order valence-electron chi connectivity index (χ0n) is 9.94. The number of alkyl halides is 1. The fourth-order valence-electron chi connectivity index (χ4n) is 1.76. The second kappa shape index (κ2) is 4.65. The van der Waals surface area contributed by atoms with Gasteiger partial charge in [0.2, 0.25) is 5.88 Å². The Morgan fingerprint density at radius 2 is 2.56 bits per heavy atom. The first-order chi connectivity index (χ1) is 8.60. The average Bonchev–Trinajstić information content (AvgIpc) is 3.03. The number of aromatic nitrogens is 1. The fourth-order valence-corrected chi connectivity index (χ4v) is 1.76. The van der Waals surface area contributed by atoms with Crippen LogP contribution in [0.1, 0.15) is 12.8 Å². The van der Waals surface area contributed by atoms with Crippen molar-refractivity contribution in [2.24, 2.45) is 5.92 Å². The van der Waals surface area contributed by atoms with Crippen LogP contribution in [0.4, 0.5) is 10.1 Å². The zero-order chi connectivity index (χ0) is 13.2. The average molecular weight is 248 g/mol. The van der Waals surface area contributed by atoms with E-state index in [4.69, 9.17) is 11.2 Å². The summed E-state index contributed by atoms with van der Waals surface area (Å²) in [5, 5.41) is 2.48. The monoisotopic (exact) mass is 248 g/mol. The smallest absolute Gasteiger partial charge is 0.262 e. The van der Waals surface area contributed by atoms with Crippen molar-refractivity contribution in [3.05, 3.63) is 18.3 Å². The van der Waals surface area contributed by atoms with Crippen LogP contribution in [0.2, 0.25) is 0 Å². The molecule has 2 atom stereocenters. The third kappa shape index (κ3) is 2.28. The molecule has 1 aliphatic rings. The molecule has 0 bridgehead atoms. The number of carbonyl (C=O) groups excluding carboxylic acids is 1. The number of nitrogens with zero attached hydrogens (tertiary/aromatic N) is 1. The minimum Gasteiger partial charge on any atom is -0.481 e. The maximum absolute atomic E-state index is 14.0. The van der Waals surface area contributed by atoms with Gasteiger partial charge in [-0.05, 0) is 12.5 Å². The van der Waals surface area contributed by atoms with Gasteiger partial charge in [-0.2, -0.15) is 0 Å². The van der Waals surface area contributed by atoms with E-state index in [1.54, 1.807) is 12.1 Å². The molecule has 1 amide bonds. The summed E-state index contributed by atoms with van der Waals surface area (Å²) in [7, 11) is 1.49. The van der Waals surface area contributed by atoms with Crippen molar-refractivity contribution < 1.29 is 13.9 Å². The maximum atomic E-state index is 14.0. The van der Waals surface area contributed by atoms with Crippen molar-refractivity contribution in [1.82, 2.24) is 4.98 Å². The van der Waals surface area contributed by atoms with Crippen LogP contribution >= 0.6 is 0 Å². The summed E-state index contributed by atoms with van der Waals surface area (Å²) in [6.45, 7) is 0. The topological polar surface area (TPSA) is 51.2 Å². The van der Waals surface area contributed by atoms with Gasteiger partial charge in [-0.1, -0.05) is 0 Å². The van der Waals surface area contributed by atoms with Crippen molar-refractivity contribution in [2.75, 3.05) is 12.4 Å². The Labute approximate surface area is 105 Å². The third-order valence-electron chi connectivity index (χ3n) is 2.98. The first-order valence-electron chi connectivity index (χ1n) is 5.54. The van der Waals surface area contributed by atoms with Gasteiger partial charge < -0.3 is 10.1 Å². The highest BCUT2D eigenvalue weighted by molar-refractivity contribution is 5.99. The molecular formula is C13H13FN2O2. The molecule has 5 heteroatoms. The Balaban J connectivity index is 1.98. The Hall–Kier alpha value is -2.09. The highest BCUT2D eigenvalue weighted by Crippen LogP contribution is 2.49. The number of halogens is 1. The summed E-state index contributed by atoms with van der Waals surface area (Å²) in [6.07, 6.45) is 6.99. The van der Waals surface area contributed by atoms with Crippen LogP contribution in [0.3, 0.4) is 0 Å². The fraction of sp³-hybridized carbons (Fsp3) is 0.385. The van der Waals surface area contributed by atoms with E-state index in [0.717, 1.165) is 0 Å². The first-order valence-corrected chi connectivity index (χ1v) is 5.54. The van der Waals surface area contributed by atoms with Crippen molar-refractivity contribution in [3.8, 4) is 18.2 Å². The quantitative estimate of drug-likeness (QED) is 0.826. The van der Waals surface area contributed by atoms with Crippen LogP contribution in [-0.2, 0) is 4.79 Å². The summed E-state index contributed by atoms with van der Waals surface area (Å²) in [4.78, 5) is 15.6. The van der Waals surface area contributed by atoms with Gasteiger partial charge >= 0.3 is 0 Å². The van der Waals surface area contributed by atoms with Crippen LogP contribution < -0.4 is 10.1 Å². The second-order valence-electron chi connectivity index (χ2n) is 4.22. The van der Waals surface area contributed by atoms with Crippen LogP contribution in [0, 0.1) is 18.3 Å². The highest BCUT2D eigenvalue weighted by atomic mass is 19.1. The number of hydrogen-bond donors (Lipinski definition) is 1. The van der Waals surface area contributed by atoms with E-state index >= 15 is 0 Å². The molecule has 0 aromatic carbocycles. The molecule has 1 aliphatic carbocycles. The molecule has 94 valence electrons. The van der Waals surface area contributed by atoms with Crippen molar-refractivity contribution >= 4 is 11.6 Å². The zero-order valence-corrected chi connectivity index (χ0v) is 9.94. The van der Waals surface area contributed by atoms with Gasteiger partial charge in [-0.15, -0.1) is 12.3 Å². The summed E-state index contributed by atoms with van der Waals surface area (Å²) in [5.41, 5.74) is -1.39. The van der Waals surface area contributed by atoms with E-state index in [2.05, 4.69) is 16.2 Å². The molecule has 1 aromatic rings. The number of rotatable bonds is 4. The van der Waals surface area contributed by atoms with Gasteiger partial charge in [0.1, 0.15) is 0 Å². The molecule has 0 radical (unpaired) electrons. The third-order valence-corrected chi connectivity index (χ3v) is 2.98. The Kier molecular flexibility index (Phi) is 3.19. The van der Waals surface area contributed by atoms with Gasteiger partial charge in [0, 0.05) is 18.4 Å². The highest BCUT2D eigenvalue weighted by Gasteiger charge is 2.60. The molecule has 0 aliphatic heterocycles. The molecule has 1 fully saturated rings. The Morgan fingerprint density at radius 1 is 1.78 bits per heavy atom. The molecule has 1 N–H and O–H groups in total. The second-order valence-corrected chi connectivity index (χ2v) is 4.22. The SMILES string of the molecule is C#CCC1CC1(F)C(=O)Nc1ccc(OC)nc1. The van der Waals surface area contributed by atoms with Gasteiger partial charge in [-0.3, -0.25) is 4.79 Å². The van der Waals surface area contributed by atoms with Crippen LogP contribution in [-0.4, -0.2) is 23.7 Å². The first kappa shape index (κ1) is 12.4. The lowest BCUT2D eigenvalue weighted by Gasteiger charge is -2.08. The lowest BCUT2D eigenvalue weighted by atomic mass is 10.2. The molecule has 2 unspecified atom stereocenters. The molecule has 2 rings (SSSR count). The van der Waals surface area contributed by atoms with Crippen molar-refractivity contribution in [1.29, 1.82) is 0 Å². The van der Waals surface area contributed by atoms with Crippen molar-refractivity contribution in [2.45, 2.75) is 18.5 Å². The van der Waals surface area contributed by atoms with Gasteiger partial charge in [0.25, 0.3) is 5.91 Å². The summed E-state index contributed by atoms with van der Waals surface area (Å²) in [6, 6.07) is 3.19. The summed E-state index contributed by atoms with van der Waals surface area (Å²) >= 11 is 0. The Bertz CT molecular complexity index is 495. The molecule has 0 spiro atoms.